The van der Waals surface area contributed by atoms with Crippen molar-refractivity contribution in [2.75, 3.05) is 41.7 Å². The summed E-state index contributed by atoms with van der Waals surface area (Å²) in [5, 5.41) is 5.53. The summed E-state index contributed by atoms with van der Waals surface area (Å²) < 4.78 is 39.6. The quantitative estimate of drug-likeness (QED) is 0.608. The molecular formula is C22H22F3N7O. The van der Waals surface area contributed by atoms with Crippen molar-refractivity contribution in [3.8, 4) is 0 Å². The third-order valence-corrected chi connectivity index (χ3v) is 5.11. The molecule has 1 aromatic carbocycles. The number of para-hydroxylation sites is 1. The van der Waals surface area contributed by atoms with Crippen molar-refractivity contribution in [1.82, 2.24) is 19.9 Å². The number of urea groups is 1. The van der Waals surface area contributed by atoms with Gasteiger partial charge in [-0.1, -0.05) is 18.2 Å². The average molecular weight is 457 g/mol. The Hall–Kier alpha value is -3.89. The third-order valence-electron chi connectivity index (χ3n) is 5.11. The lowest BCUT2D eigenvalue weighted by atomic mass is 10.1. The van der Waals surface area contributed by atoms with Crippen LogP contribution >= 0.6 is 0 Å². The van der Waals surface area contributed by atoms with Crippen LogP contribution in [0.3, 0.4) is 0 Å². The van der Waals surface area contributed by atoms with E-state index in [2.05, 4.69) is 25.6 Å². The van der Waals surface area contributed by atoms with Crippen LogP contribution < -0.4 is 15.5 Å². The highest BCUT2D eigenvalue weighted by Crippen LogP contribution is 2.34. The molecule has 11 heteroatoms. The first-order chi connectivity index (χ1) is 15.8. The Balaban J connectivity index is 1.40. The normalized spacial score (nSPS) is 14.2. The summed E-state index contributed by atoms with van der Waals surface area (Å²) >= 11 is 0. The van der Waals surface area contributed by atoms with Gasteiger partial charge in [0.25, 0.3) is 0 Å². The summed E-state index contributed by atoms with van der Waals surface area (Å²) in [6.45, 7) is 3.43. The average Bonchev–Trinajstić information content (AvgIpc) is 2.79. The Morgan fingerprint density at radius 1 is 0.970 bits per heavy atom. The highest BCUT2D eigenvalue weighted by molar-refractivity contribution is 5.90. The van der Waals surface area contributed by atoms with E-state index < -0.39 is 17.8 Å². The van der Waals surface area contributed by atoms with Crippen LogP contribution in [0.4, 0.5) is 41.1 Å². The van der Waals surface area contributed by atoms with Gasteiger partial charge in [0, 0.05) is 38.4 Å². The summed E-state index contributed by atoms with van der Waals surface area (Å²) in [6.07, 6.45) is -2.87. The van der Waals surface area contributed by atoms with Crippen LogP contribution in [0.25, 0.3) is 0 Å². The first-order valence-corrected chi connectivity index (χ1v) is 10.3. The number of pyridine rings is 1. The van der Waals surface area contributed by atoms with E-state index in [-0.39, 0.29) is 5.69 Å². The minimum atomic E-state index is -4.55. The summed E-state index contributed by atoms with van der Waals surface area (Å²) in [5.41, 5.74) is -1.13. The van der Waals surface area contributed by atoms with Crippen LogP contribution in [-0.4, -0.2) is 52.1 Å². The van der Waals surface area contributed by atoms with Gasteiger partial charge in [0.2, 0.25) is 0 Å². The van der Waals surface area contributed by atoms with Gasteiger partial charge >= 0.3 is 12.2 Å². The van der Waals surface area contributed by atoms with Crippen molar-refractivity contribution in [3.63, 3.8) is 0 Å². The molecule has 3 heterocycles. The molecule has 0 atom stereocenters. The van der Waals surface area contributed by atoms with Crippen molar-refractivity contribution < 1.29 is 18.0 Å². The highest BCUT2D eigenvalue weighted by atomic mass is 19.4. The van der Waals surface area contributed by atoms with Crippen LogP contribution in [0.5, 0.6) is 0 Å². The number of carbonyl (C=O) groups is 1. The molecule has 0 aliphatic carbocycles. The van der Waals surface area contributed by atoms with E-state index in [1.54, 1.807) is 19.2 Å². The van der Waals surface area contributed by atoms with Crippen molar-refractivity contribution in [2.24, 2.45) is 0 Å². The smallest absolute Gasteiger partial charge is 0.353 e. The Kier molecular flexibility index (Phi) is 6.29. The van der Waals surface area contributed by atoms with E-state index >= 15 is 0 Å². The Labute approximate surface area is 188 Å². The first kappa shape index (κ1) is 22.3. The molecule has 0 saturated carbocycles. The molecular weight excluding hydrogens is 435 g/mol. The lowest BCUT2D eigenvalue weighted by molar-refractivity contribution is -0.136. The number of amides is 2. The fourth-order valence-corrected chi connectivity index (χ4v) is 3.52. The topological polar surface area (TPSA) is 86.3 Å². The summed E-state index contributed by atoms with van der Waals surface area (Å²) in [7, 11) is 0. The van der Waals surface area contributed by atoms with Crippen molar-refractivity contribution in [1.29, 1.82) is 0 Å². The summed E-state index contributed by atoms with van der Waals surface area (Å²) in [4.78, 5) is 29.2. The number of anilines is 4. The number of aromatic nitrogens is 3. The number of nitrogens with zero attached hydrogens (tertiary/aromatic N) is 5. The number of aryl methyl sites for hydroxylation is 1. The number of piperazine rings is 1. The number of hydrogen-bond acceptors (Lipinski definition) is 6. The van der Waals surface area contributed by atoms with Crippen LogP contribution in [0.1, 0.15) is 11.4 Å². The predicted octanol–water partition coefficient (Wildman–Crippen LogP) is 4.30. The molecule has 1 aliphatic rings. The Bertz CT molecular complexity index is 1120. The molecule has 33 heavy (non-hydrogen) atoms. The molecule has 4 rings (SSSR count). The Morgan fingerprint density at radius 3 is 2.39 bits per heavy atom. The molecule has 0 unspecified atom stereocenters. The zero-order chi connectivity index (χ0) is 23.4. The second-order valence-corrected chi connectivity index (χ2v) is 7.45. The molecule has 2 N–H and O–H groups in total. The molecule has 1 fully saturated rings. The monoisotopic (exact) mass is 457 g/mol. The SMILES string of the molecule is Cc1nc(Nc2ccccn2)cc(N2CCN(C(=O)Nc3ccccc3C(F)(F)F)CC2)n1. The molecule has 0 radical (unpaired) electrons. The fourth-order valence-electron chi connectivity index (χ4n) is 3.52. The second-order valence-electron chi connectivity index (χ2n) is 7.45. The maximum absolute atomic E-state index is 13.2. The molecule has 1 aliphatic heterocycles. The number of rotatable bonds is 4. The second kappa shape index (κ2) is 9.31. The van der Waals surface area contributed by atoms with Crippen LogP contribution in [0.15, 0.2) is 54.7 Å². The number of alkyl halides is 3. The van der Waals surface area contributed by atoms with Crippen molar-refractivity contribution in [2.45, 2.75) is 13.1 Å². The lowest BCUT2D eigenvalue weighted by Crippen LogP contribution is -2.50. The predicted molar refractivity (Wildman–Crippen MR) is 119 cm³/mol. The molecule has 8 nitrogen and oxygen atoms in total. The van der Waals surface area contributed by atoms with Crippen LogP contribution in [-0.2, 0) is 6.18 Å². The maximum Gasteiger partial charge on any atom is 0.418 e. The summed E-state index contributed by atoms with van der Waals surface area (Å²) in [5.74, 6) is 2.53. The Morgan fingerprint density at radius 2 is 1.70 bits per heavy atom. The molecule has 2 amide bonds. The number of hydrogen-bond donors (Lipinski definition) is 2. The minimum absolute atomic E-state index is 0.255. The van der Waals surface area contributed by atoms with E-state index in [0.717, 1.165) is 6.07 Å². The number of carbonyl (C=O) groups excluding carboxylic acids is 1. The van der Waals surface area contributed by atoms with Gasteiger partial charge in [-0.3, -0.25) is 0 Å². The van der Waals surface area contributed by atoms with E-state index in [4.69, 9.17) is 0 Å². The lowest BCUT2D eigenvalue weighted by Gasteiger charge is -2.35. The van der Waals surface area contributed by atoms with Gasteiger partial charge in [0.1, 0.15) is 23.3 Å². The van der Waals surface area contributed by atoms with Gasteiger partial charge in [0.05, 0.1) is 11.3 Å². The third kappa shape index (κ3) is 5.48. The minimum Gasteiger partial charge on any atom is -0.353 e. The fraction of sp³-hybridized carbons (Fsp3) is 0.273. The van der Waals surface area contributed by atoms with E-state index in [9.17, 15) is 18.0 Å². The largest absolute Gasteiger partial charge is 0.418 e. The van der Waals surface area contributed by atoms with E-state index in [1.165, 1.54) is 23.1 Å². The highest BCUT2D eigenvalue weighted by Gasteiger charge is 2.34. The van der Waals surface area contributed by atoms with Crippen LogP contribution in [0, 0.1) is 6.92 Å². The van der Waals surface area contributed by atoms with Gasteiger partial charge in [-0.15, -0.1) is 0 Å². The zero-order valence-electron chi connectivity index (χ0n) is 17.8. The number of nitrogens with one attached hydrogen (secondary N) is 2. The molecule has 1 saturated heterocycles. The van der Waals surface area contributed by atoms with Gasteiger partial charge in [-0.2, -0.15) is 13.2 Å². The number of benzene rings is 1. The molecule has 0 spiro atoms. The van der Waals surface area contributed by atoms with Gasteiger partial charge in [-0.25, -0.2) is 19.7 Å². The summed E-state index contributed by atoms with van der Waals surface area (Å²) in [6, 6.07) is 11.7. The molecule has 0 bridgehead atoms. The standard InChI is InChI=1S/C22H22F3N7O/c1-15-27-19(30-18-8-4-5-9-26-18)14-20(28-15)31-10-12-32(13-11-31)21(33)29-17-7-3-2-6-16(17)22(23,24)25/h2-9,14H,10-13H2,1H3,(H,29,33)(H,26,27,28,30). The molecule has 172 valence electrons. The van der Waals surface area contributed by atoms with Crippen LogP contribution in [0.2, 0.25) is 0 Å². The molecule has 3 aromatic rings. The number of halogens is 3. The first-order valence-electron chi connectivity index (χ1n) is 10.3. The van der Waals surface area contributed by atoms with E-state index in [0.29, 0.717) is 49.5 Å². The van der Waals surface area contributed by atoms with Gasteiger partial charge in [-0.05, 0) is 31.2 Å². The zero-order valence-corrected chi connectivity index (χ0v) is 17.8. The van der Waals surface area contributed by atoms with Crippen molar-refractivity contribution >= 4 is 29.2 Å². The van der Waals surface area contributed by atoms with Gasteiger partial charge < -0.3 is 20.4 Å². The van der Waals surface area contributed by atoms with Crippen molar-refractivity contribution in [3.05, 3.63) is 66.1 Å². The van der Waals surface area contributed by atoms with E-state index in [1.807, 2.05) is 23.1 Å². The molecule has 2 aromatic heterocycles. The maximum atomic E-state index is 13.2. The van der Waals surface area contributed by atoms with Gasteiger partial charge in [0.15, 0.2) is 0 Å².